The van der Waals surface area contributed by atoms with Crippen LogP contribution < -0.4 is 5.32 Å². The first-order valence-electron chi connectivity index (χ1n) is 16.6. The molecule has 0 radical (unpaired) electrons. The molecule has 0 bridgehead atoms. The van der Waals surface area contributed by atoms with Crippen LogP contribution in [0.2, 0.25) is 0 Å². The van der Waals surface area contributed by atoms with Crippen LogP contribution in [0.3, 0.4) is 0 Å². The number of carboxylic acids is 2. The van der Waals surface area contributed by atoms with Gasteiger partial charge in [0.25, 0.3) is 0 Å². The number of aldehydes is 1. The fourth-order valence-electron chi connectivity index (χ4n) is 5.34. The first kappa shape index (κ1) is 43.8. The van der Waals surface area contributed by atoms with Gasteiger partial charge < -0.3 is 40.3 Å². The smallest absolute Gasteiger partial charge is 0.317 e. The number of aliphatic carboxylic acids is 2. The van der Waals surface area contributed by atoms with E-state index in [4.69, 9.17) is 0 Å². The maximum Gasteiger partial charge on any atom is 0.317 e. The number of hydrogen-bond donors (Lipinski definition) is 5. The van der Waals surface area contributed by atoms with E-state index >= 15 is 0 Å². The lowest BCUT2D eigenvalue weighted by molar-refractivity contribution is -0.142. The number of nitrogens with one attached hydrogen (secondary N) is 1. The fourth-order valence-corrected chi connectivity index (χ4v) is 5.34. The van der Waals surface area contributed by atoms with Crippen LogP contribution >= 0.6 is 0 Å². The van der Waals surface area contributed by atoms with Gasteiger partial charge in [-0.05, 0) is 25.8 Å². The van der Waals surface area contributed by atoms with Crippen LogP contribution in [0.1, 0.15) is 26.7 Å². The molecule has 18 heteroatoms. The summed E-state index contributed by atoms with van der Waals surface area (Å²) in [6.45, 7) is 5.34. The van der Waals surface area contributed by atoms with E-state index in [9.17, 15) is 49.2 Å². The second-order valence-corrected chi connectivity index (χ2v) is 13.0. The first-order chi connectivity index (χ1) is 23.0. The van der Waals surface area contributed by atoms with Crippen LogP contribution in [0.25, 0.3) is 0 Å². The Hall–Kier alpha value is -3.26. The summed E-state index contributed by atoms with van der Waals surface area (Å²) in [5, 5.41) is 40.8. The van der Waals surface area contributed by atoms with Crippen molar-refractivity contribution in [2.75, 3.05) is 119 Å². The van der Waals surface area contributed by atoms with Gasteiger partial charge in [0.15, 0.2) is 12.6 Å². The molecule has 1 fully saturated rings. The molecule has 3 amide bonds. The van der Waals surface area contributed by atoms with Crippen LogP contribution in [0.5, 0.6) is 0 Å². The molecule has 0 aliphatic carbocycles. The molecule has 0 aromatic carbocycles. The van der Waals surface area contributed by atoms with Crippen molar-refractivity contribution in [1.82, 2.24) is 39.6 Å². The summed E-state index contributed by atoms with van der Waals surface area (Å²) in [4.78, 5) is 84.5. The predicted molar refractivity (Wildman–Crippen MR) is 179 cm³/mol. The molecule has 0 saturated carbocycles. The molecule has 18 nitrogen and oxygen atoms in total. The number of hydrogen-bond acceptors (Lipinski definition) is 13. The van der Waals surface area contributed by atoms with E-state index in [1.54, 1.807) is 26.6 Å². The normalized spacial score (nSPS) is 16.9. The van der Waals surface area contributed by atoms with E-state index in [1.807, 2.05) is 0 Å². The monoisotopic (exact) mass is 702 g/mol. The van der Waals surface area contributed by atoms with Gasteiger partial charge in [-0.1, -0.05) is 13.8 Å². The highest BCUT2D eigenvalue weighted by atomic mass is 16.5. The summed E-state index contributed by atoms with van der Waals surface area (Å²) in [6.07, 6.45) is -0.0850. The van der Waals surface area contributed by atoms with Crippen molar-refractivity contribution >= 4 is 35.9 Å². The average Bonchev–Trinajstić information content (AvgIpc) is 2.99. The molecule has 1 saturated heterocycles. The summed E-state index contributed by atoms with van der Waals surface area (Å²) in [7, 11) is 4.50. The molecule has 1 atom stereocenters. The van der Waals surface area contributed by atoms with Crippen molar-refractivity contribution in [3.8, 4) is 0 Å². The lowest BCUT2D eigenvalue weighted by atomic mass is 10.1. The third-order valence-corrected chi connectivity index (χ3v) is 8.23. The summed E-state index contributed by atoms with van der Waals surface area (Å²) in [5.41, 5.74) is 0. The lowest BCUT2D eigenvalue weighted by Gasteiger charge is -2.38. The van der Waals surface area contributed by atoms with Crippen molar-refractivity contribution in [2.45, 2.75) is 39.1 Å². The molecule has 5 N–H and O–H groups in total. The van der Waals surface area contributed by atoms with Crippen molar-refractivity contribution in [1.29, 1.82) is 0 Å². The molecule has 1 aliphatic heterocycles. The van der Waals surface area contributed by atoms with E-state index in [2.05, 4.69) is 19.2 Å². The van der Waals surface area contributed by atoms with Gasteiger partial charge in [0, 0.05) is 79.5 Å². The van der Waals surface area contributed by atoms with E-state index in [1.165, 1.54) is 28.8 Å². The molecule has 1 aliphatic rings. The summed E-state index contributed by atoms with van der Waals surface area (Å²) >= 11 is 0. The third-order valence-electron chi connectivity index (χ3n) is 8.23. The highest BCUT2D eigenvalue weighted by molar-refractivity contribution is 5.88. The second-order valence-electron chi connectivity index (χ2n) is 13.0. The van der Waals surface area contributed by atoms with Crippen molar-refractivity contribution in [3.63, 3.8) is 0 Å². The molecule has 1 unspecified atom stereocenters. The number of carbonyl (C=O) groups is 6. The number of aliphatic hydroxyl groups excluding tert-OH is 1. The number of likely N-dealkylation sites (N-methyl/N-ethyl adjacent to an activating group) is 3. The number of nitrogens with zero attached hydrogens (tertiary/aromatic N) is 7. The van der Waals surface area contributed by atoms with Crippen molar-refractivity contribution < 1.29 is 49.2 Å². The largest absolute Gasteiger partial charge is 0.480 e. The number of amides is 3. The van der Waals surface area contributed by atoms with Crippen molar-refractivity contribution in [2.24, 2.45) is 5.92 Å². The minimum Gasteiger partial charge on any atom is -0.480 e. The Morgan fingerprint density at radius 1 is 0.735 bits per heavy atom. The molecular weight excluding hydrogens is 644 g/mol. The first-order valence-corrected chi connectivity index (χ1v) is 16.6. The zero-order valence-electron chi connectivity index (χ0n) is 29.7. The van der Waals surface area contributed by atoms with Gasteiger partial charge in [-0.2, -0.15) is 0 Å². The highest BCUT2D eigenvalue weighted by Gasteiger charge is 2.28. The van der Waals surface area contributed by atoms with Gasteiger partial charge in [-0.25, -0.2) is 0 Å². The standard InChI is InChI=1S/C31H58N8O10/c1-24(2)7-6-8-32-25(41)17-34(4)28(43)19-35(5)27(42)18-33(3)26(23-40)39-15-13-37(21-30(46)47)11-9-36(20-29(44)45)10-12-38(14-16-39)22-31(48)49/h23-24,26,29,44-45H,6-22H2,1-5H3,(H,32,41)(H,46,47)(H,48,49). The predicted octanol–water partition coefficient (Wildman–Crippen LogP) is -3.39. The number of rotatable bonds is 19. The zero-order valence-corrected chi connectivity index (χ0v) is 29.7. The van der Waals surface area contributed by atoms with Gasteiger partial charge in [0.1, 0.15) is 6.17 Å². The topological polar surface area (TPSA) is 218 Å². The van der Waals surface area contributed by atoms with Gasteiger partial charge >= 0.3 is 11.9 Å². The summed E-state index contributed by atoms with van der Waals surface area (Å²) < 4.78 is 0. The summed E-state index contributed by atoms with van der Waals surface area (Å²) in [6, 6.07) is 0. The third kappa shape index (κ3) is 18.9. The maximum absolute atomic E-state index is 13.1. The number of carbonyl (C=O) groups excluding carboxylic acids is 4. The summed E-state index contributed by atoms with van der Waals surface area (Å²) in [5.74, 6) is -2.76. The molecule has 282 valence electrons. The van der Waals surface area contributed by atoms with Gasteiger partial charge in [-0.3, -0.25) is 48.5 Å². The zero-order chi connectivity index (χ0) is 37.1. The van der Waals surface area contributed by atoms with Crippen LogP contribution in [0.15, 0.2) is 0 Å². The number of β-amino-alcohol motifs (C(OH)–C–C–N with tert-alkyl or cyclic N) is 2. The molecule has 1 rings (SSSR count). The maximum atomic E-state index is 13.1. The Bertz CT molecular complexity index is 1030. The van der Waals surface area contributed by atoms with Crippen LogP contribution in [-0.4, -0.2) is 222 Å². The lowest BCUT2D eigenvalue weighted by Crippen LogP contribution is -2.56. The van der Waals surface area contributed by atoms with E-state index in [0.29, 0.717) is 31.8 Å². The minimum atomic E-state index is -1.62. The SMILES string of the molecule is CC(C)CCCNC(=O)CN(C)C(=O)CN(C)C(=O)CN(C)C(C=O)N1CCN(CC(=O)O)CCN(CC(O)O)CCN(CC(=O)O)CC1. The van der Waals surface area contributed by atoms with Gasteiger partial charge in [-0.15, -0.1) is 0 Å². The van der Waals surface area contributed by atoms with E-state index in [-0.39, 0.29) is 84.4 Å². The molecule has 0 spiro atoms. The second kappa shape index (κ2) is 23.2. The number of aliphatic hydroxyl groups is 2. The van der Waals surface area contributed by atoms with Gasteiger partial charge in [0.05, 0.1) is 32.7 Å². The Morgan fingerprint density at radius 2 is 1.20 bits per heavy atom. The molecular formula is C31H58N8O10. The Morgan fingerprint density at radius 3 is 1.67 bits per heavy atom. The Balaban J connectivity index is 2.95. The average molecular weight is 703 g/mol. The molecule has 0 aromatic rings. The van der Waals surface area contributed by atoms with Crippen LogP contribution in [-0.2, 0) is 28.8 Å². The fraction of sp³-hybridized carbons (Fsp3) is 0.806. The minimum absolute atomic E-state index is 0.0930. The van der Waals surface area contributed by atoms with Crippen LogP contribution in [0.4, 0.5) is 0 Å². The van der Waals surface area contributed by atoms with Crippen molar-refractivity contribution in [3.05, 3.63) is 0 Å². The molecule has 0 aromatic heterocycles. The Kier molecular flexibility index (Phi) is 20.7. The van der Waals surface area contributed by atoms with E-state index < -0.39 is 36.2 Å². The van der Waals surface area contributed by atoms with E-state index in [0.717, 1.165) is 12.8 Å². The molecule has 49 heavy (non-hydrogen) atoms. The highest BCUT2D eigenvalue weighted by Crippen LogP contribution is 2.08. The number of carboxylic acid groups (broad SMARTS) is 2. The van der Waals surface area contributed by atoms with Crippen LogP contribution in [0, 0.1) is 5.92 Å². The quantitative estimate of drug-likeness (QED) is 0.0504. The Labute approximate surface area is 289 Å². The molecule has 1 heterocycles. The van der Waals surface area contributed by atoms with Gasteiger partial charge in [0.2, 0.25) is 17.7 Å².